The maximum atomic E-state index is 13.1. The van der Waals surface area contributed by atoms with E-state index >= 15 is 0 Å². The fraction of sp³-hybridized carbons (Fsp3) is 0.462. The zero-order chi connectivity index (χ0) is 14.0. The Balaban J connectivity index is 2.19. The second kappa shape index (κ2) is 5.75. The Labute approximate surface area is 117 Å². The van der Waals surface area contributed by atoms with E-state index in [1.165, 1.54) is 12.1 Å². The van der Waals surface area contributed by atoms with Crippen LogP contribution in [-0.2, 0) is 0 Å². The predicted octanol–water partition coefficient (Wildman–Crippen LogP) is 1.71. The molecule has 19 heavy (non-hydrogen) atoms. The molecular weight excluding hydrogens is 267 g/mol. The summed E-state index contributed by atoms with van der Waals surface area (Å²) in [4.78, 5) is 8.36. The molecule has 2 rings (SSSR count). The first-order valence-corrected chi connectivity index (χ1v) is 6.53. The molecule has 4 nitrogen and oxygen atoms in total. The summed E-state index contributed by atoms with van der Waals surface area (Å²) in [5.74, 6) is 0.188. The molecule has 0 radical (unpaired) electrons. The lowest BCUT2D eigenvalue weighted by atomic mass is 10.1. The molecule has 0 aromatic heterocycles. The number of nitrogens with two attached hydrogens (primary N) is 1. The minimum absolute atomic E-state index is 0.00644. The summed E-state index contributed by atoms with van der Waals surface area (Å²) in [6.07, 6.45) is 0. The highest BCUT2D eigenvalue weighted by atomic mass is 35.5. The molecule has 2 N–H and O–H groups in total. The molecule has 1 heterocycles. The minimum atomic E-state index is -0.333. The summed E-state index contributed by atoms with van der Waals surface area (Å²) in [6.45, 7) is 2.19. The number of hydrogen-bond donors (Lipinski definition) is 1. The predicted molar refractivity (Wildman–Crippen MR) is 75.9 cm³/mol. The molecule has 1 unspecified atom stereocenters. The number of likely N-dealkylation sites (N-methyl/N-ethyl adjacent to an activating group) is 1. The van der Waals surface area contributed by atoms with Crippen LogP contribution >= 0.6 is 11.6 Å². The van der Waals surface area contributed by atoms with Crippen molar-refractivity contribution in [2.24, 2.45) is 10.7 Å². The lowest BCUT2D eigenvalue weighted by Crippen LogP contribution is -2.40. The first-order chi connectivity index (χ1) is 8.99. The second-order valence-electron chi connectivity index (χ2n) is 4.88. The van der Waals surface area contributed by atoms with E-state index < -0.39 is 0 Å². The van der Waals surface area contributed by atoms with Gasteiger partial charge in [0, 0.05) is 18.1 Å². The molecule has 0 fully saturated rings. The molecule has 104 valence electrons. The Morgan fingerprint density at radius 2 is 2.26 bits per heavy atom. The van der Waals surface area contributed by atoms with Gasteiger partial charge in [0.05, 0.1) is 12.6 Å². The molecule has 1 aliphatic rings. The summed E-state index contributed by atoms with van der Waals surface area (Å²) < 4.78 is 13.1. The van der Waals surface area contributed by atoms with Crippen molar-refractivity contribution in [1.82, 2.24) is 9.80 Å². The van der Waals surface area contributed by atoms with Crippen molar-refractivity contribution in [3.8, 4) is 0 Å². The molecule has 1 atom stereocenters. The van der Waals surface area contributed by atoms with Crippen LogP contribution < -0.4 is 5.73 Å². The van der Waals surface area contributed by atoms with Crippen molar-refractivity contribution in [3.05, 3.63) is 34.6 Å². The second-order valence-corrected chi connectivity index (χ2v) is 5.28. The topological polar surface area (TPSA) is 44.9 Å². The van der Waals surface area contributed by atoms with Crippen molar-refractivity contribution in [3.63, 3.8) is 0 Å². The first kappa shape index (κ1) is 14.1. The van der Waals surface area contributed by atoms with Crippen LogP contribution in [0.3, 0.4) is 0 Å². The molecule has 0 amide bonds. The maximum absolute atomic E-state index is 13.1. The normalized spacial score (nSPS) is 19.1. The number of guanidine groups is 1. The van der Waals surface area contributed by atoms with Gasteiger partial charge in [0.1, 0.15) is 5.82 Å². The van der Waals surface area contributed by atoms with Crippen LogP contribution in [0.5, 0.6) is 0 Å². The Hall–Kier alpha value is -1.33. The molecule has 6 heteroatoms. The summed E-state index contributed by atoms with van der Waals surface area (Å²) >= 11 is 6.12. The summed E-state index contributed by atoms with van der Waals surface area (Å²) in [6, 6.07) is 4.45. The number of aliphatic imine (C=N–C) groups is 1. The molecule has 1 aromatic carbocycles. The van der Waals surface area contributed by atoms with E-state index in [4.69, 9.17) is 17.3 Å². The first-order valence-electron chi connectivity index (χ1n) is 6.15. The molecule has 1 aromatic rings. The van der Waals surface area contributed by atoms with E-state index in [1.54, 1.807) is 6.07 Å². The fourth-order valence-electron chi connectivity index (χ4n) is 2.15. The van der Waals surface area contributed by atoms with E-state index in [0.29, 0.717) is 17.5 Å². The number of rotatable bonds is 4. The standard InChI is InChI=1S/C13H18ClFN4/c1-18(2)5-6-19-12(8-17-13(19)16)10-4-3-9(15)7-11(10)14/h3-4,7,12H,5-6,8H2,1-2H3,(H2,16,17). The van der Waals surface area contributed by atoms with Crippen LogP contribution in [0, 0.1) is 5.82 Å². The van der Waals surface area contributed by atoms with Crippen LogP contribution in [0.4, 0.5) is 4.39 Å². The van der Waals surface area contributed by atoms with Gasteiger partial charge in [0.25, 0.3) is 0 Å². The van der Waals surface area contributed by atoms with Crippen molar-refractivity contribution >= 4 is 17.6 Å². The van der Waals surface area contributed by atoms with Crippen molar-refractivity contribution in [2.75, 3.05) is 33.7 Å². The summed E-state index contributed by atoms with van der Waals surface area (Å²) in [5.41, 5.74) is 6.78. The summed E-state index contributed by atoms with van der Waals surface area (Å²) in [5, 5.41) is 0.421. The van der Waals surface area contributed by atoms with Gasteiger partial charge in [-0.15, -0.1) is 0 Å². The van der Waals surface area contributed by atoms with Gasteiger partial charge >= 0.3 is 0 Å². The maximum Gasteiger partial charge on any atom is 0.191 e. The van der Waals surface area contributed by atoms with Gasteiger partial charge in [-0.25, -0.2) is 4.39 Å². The van der Waals surface area contributed by atoms with Gasteiger partial charge in [-0.3, -0.25) is 4.99 Å². The van der Waals surface area contributed by atoms with Crippen LogP contribution in [-0.4, -0.2) is 49.5 Å². The van der Waals surface area contributed by atoms with Gasteiger partial charge < -0.3 is 15.5 Å². The van der Waals surface area contributed by atoms with E-state index in [-0.39, 0.29) is 11.9 Å². The SMILES string of the molecule is CN(C)CCN1C(N)=NCC1c1ccc(F)cc1Cl. The number of benzene rings is 1. The van der Waals surface area contributed by atoms with Crippen molar-refractivity contribution in [1.29, 1.82) is 0 Å². The molecule has 0 bridgehead atoms. The fourth-order valence-corrected chi connectivity index (χ4v) is 2.44. The van der Waals surface area contributed by atoms with E-state index in [9.17, 15) is 4.39 Å². The van der Waals surface area contributed by atoms with Crippen molar-refractivity contribution < 1.29 is 4.39 Å². The van der Waals surface area contributed by atoms with E-state index in [2.05, 4.69) is 9.89 Å². The Bertz CT molecular complexity index is 490. The average molecular weight is 285 g/mol. The monoisotopic (exact) mass is 284 g/mol. The zero-order valence-electron chi connectivity index (χ0n) is 11.1. The van der Waals surface area contributed by atoms with Gasteiger partial charge in [0.15, 0.2) is 5.96 Å². The lowest BCUT2D eigenvalue weighted by molar-refractivity contribution is 0.293. The molecular formula is C13H18ClFN4. The highest BCUT2D eigenvalue weighted by Gasteiger charge is 2.28. The minimum Gasteiger partial charge on any atom is -0.370 e. The third-order valence-electron chi connectivity index (χ3n) is 3.21. The Morgan fingerprint density at radius 1 is 1.53 bits per heavy atom. The molecule has 0 saturated carbocycles. The average Bonchev–Trinajstić information content (AvgIpc) is 2.68. The molecule has 1 aliphatic heterocycles. The third-order valence-corrected chi connectivity index (χ3v) is 3.53. The highest BCUT2D eigenvalue weighted by molar-refractivity contribution is 6.31. The van der Waals surface area contributed by atoms with Crippen LogP contribution in [0.25, 0.3) is 0 Å². The number of nitrogens with zero attached hydrogens (tertiary/aromatic N) is 3. The third kappa shape index (κ3) is 3.16. The molecule has 0 saturated heterocycles. The van der Waals surface area contributed by atoms with Crippen LogP contribution in [0.2, 0.25) is 5.02 Å². The highest BCUT2D eigenvalue weighted by Crippen LogP contribution is 2.31. The zero-order valence-corrected chi connectivity index (χ0v) is 11.9. The van der Waals surface area contributed by atoms with Crippen LogP contribution in [0.1, 0.15) is 11.6 Å². The van der Waals surface area contributed by atoms with Crippen LogP contribution in [0.15, 0.2) is 23.2 Å². The molecule has 0 spiro atoms. The quantitative estimate of drug-likeness (QED) is 0.915. The van der Waals surface area contributed by atoms with Crippen molar-refractivity contribution in [2.45, 2.75) is 6.04 Å². The Kier molecular flexibility index (Phi) is 4.27. The van der Waals surface area contributed by atoms with E-state index in [1.807, 2.05) is 19.0 Å². The Morgan fingerprint density at radius 3 is 2.89 bits per heavy atom. The number of hydrogen-bond acceptors (Lipinski definition) is 4. The van der Waals surface area contributed by atoms with Gasteiger partial charge in [-0.05, 0) is 31.8 Å². The van der Waals surface area contributed by atoms with Gasteiger partial charge in [-0.1, -0.05) is 17.7 Å². The summed E-state index contributed by atoms with van der Waals surface area (Å²) in [7, 11) is 4.01. The smallest absolute Gasteiger partial charge is 0.191 e. The van der Waals surface area contributed by atoms with E-state index in [0.717, 1.165) is 18.7 Å². The lowest BCUT2D eigenvalue weighted by Gasteiger charge is -2.28. The molecule has 0 aliphatic carbocycles. The largest absolute Gasteiger partial charge is 0.370 e. The van der Waals surface area contributed by atoms with Gasteiger partial charge in [-0.2, -0.15) is 0 Å². The van der Waals surface area contributed by atoms with Gasteiger partial charge in [0.2, 0.25) is 0 Å². The number of halogens is 2.